The van der Waals surface area contributed by atoms with Gasteiger partial charge < -0.3 is 9.80 Å². The summed E-state index contributed by atoms with van der Waals surface area (Å²) >= 11 is 0. The predicted molar refractivity (Wildman–Crippen MR) is 102 cm³/mol. The van der Waals surface area contributed by atoms with Gasteiger partial charge in [0.1, 0.15) is 0 Å². The Morgan fingerprint density at radius 1 is 0.885 bits per heavy atom. The highest BCUT2D eigenvalue weighted by molar-refractivity contribution is 5.86. The van der Waals surface area contributed by atoms with Crippen LogP contribution in [0.15, 0.2) is 0 Å². The molecule has 1 atom stereocenters. The summed E-state index contributed by atoms with van der Waals surface area (Å²) in [6.07, 6.45) is 12.9. The minimum atomic E-state index is -0.269. The highest BCUT2D eigenvalue weighted by Crippen LogP contribution is 2.42. The van der Waals surface area contributed by atoms with Crippen LogP contribution in [0.4, 0.5) is 0 Å². The Bertz CT molecular complexity index is 523. The van der Waals surface area contributed by atoms with E-state index in [9.17, 15) is 9.59 Å². The third kappa shape index (κ3) is 3.64. The standard InChI is InChI=1S/C21H35N3O2/c25-19(16-22-12-5-1-2-6-13-22)23-15-11-21(17-23)10-7-14-24(20(21)26)18-8-3-4-9-18/h18H,1-17H2. The molecule has 0 aromatic heterocycles. The molecular formula is C21H35N3O2. The lowest BCUT2D eigenvalue weighted by Crippen LogP contribution is -2.53. The molecule has 3 aliphatic heterocycles. The average molecular weight is 362 g/mol. The second kappa shape index (κ2) is 7.87. The molecule has 0 bridgehead atoms. The first-order valence-corrected chi connectivity index (χ1v) is 11.0. The zero-order valence-corrected chi connectivity index (χ0v) is 16.3. The Morgan fingerprint density at radius 2 is 1.62 bits per heavy atom. The van der Waals surface area contributed by atoms with Gasteiger partial charge in [0.15, 0.2) is 0 Å². The Labute approximate surface area is 158 Å². The van der Waals surface area contributed by atoms with Crippen molar-refractivity contribution in [2.75, 3.05) is 39.3 Å². The van der Waals surface area contributed by atoms with E-state index >= 15 is 0 Å². The number of rotatable bonds is 3. The summed E-state index contributed by atoms with van der Waals surface area (Å²) in [6, 6.07) is 0.474. The van der Waals surface area contributed by atoms with Crippen LogP contribution >= 0.6 is 0 Å². The maximum absolute atomic E-state index is 13.3. The monoisotopic (exact) mass is 361 g/mol. The van der Waals surface area contributed by atoms with E-state index in [-0.39, 0.29) is 11.3 Å². The molecule has 1 spiro atoms. The number of amides is 2. The van der Waals surface area contributed by atoms with Crippen LogP contribution in [0.5, 0.6) is 0 Å². The molecule has 5 heteroatoms. The van der Waals surface area contributed by atoms with Crippen LogP contribution in [0.1, 0.15) is 70.6 Å². The summed E-state index contributed by atoms with van der Waals surface area (Å²) in [5, 5.41) is 0. The summed E-state index contributed by atoms with van der Waals surface area (Å²) in [4.78, 5) is 32.7. The van der Waals surface area contributed by atoms with E-state index < -0.39 is 0 Å². The van der Waals surface area contributed by atoms with Crippen molar-refractivity contribution in [2.45, 2.75) is 76.7 Å². The predicted octanol–water partition coefficient (Wildman–Crippen LogP) is 2.65. The van der Waals surface area contributed by atoms with E-state index in [1.807, 2.05) is 4.90 Å². The smallest absolute Gasteiger partial charge is 0.236 e. The van der Waals surface area contributed by atoms with Crippen LogP contribution in [0, 0.1) is 5.41 Å². The maximum atomic E-state index is 13.3. The van der Waals surface area contributed by atoms with Crippen molar-refractivity contribution < 1.29 is 9.59 Å². The zero-order chi connectivity index (χ0) is 18.0. The summed E-state index contributed by atoms with van der Waals surface area (Å²) in [5.41, 5.74) is -0.269. The molecule has 0 aromatic carbocycles. The van der Waals surface area contributed by atoms with Crippen LogP contribution in [-0.4, -0.2) is 71.8 Å². The number of piperidine rings is 1. The molecule has 4 fully saturated rings. The third-order valence-corrected chi connectivity index (χ3v) is 7.30. The Balaban J connectivity index is 1.36. The van der Waals surface area contributed by atoms with E-state index in [0.717, 1.165) is 45.4 Å². The summed E-state index contributed by atoms with van der Waals surface area (Å²) < 4.78 is 0. The minimum Gasteiger partial charge on any atom is -0.340 e. The number of carbonyl (C=O) groups is 2. The van der Waals surface area contributed by atoms with Crippen molar-refractivity contribution in [1.29, 1.82) is 0 Å². The lowest BCUT2D eigenvalue weighted by atomic mass is 9.77. The van der Waals surface area contributed by atoms with Gasteiger partial charge in [-0.2, -0.15) is 0 Å². The average Bonchev–Trinajstić information content (AvgIpc) is 3.25. The fourth-order valence-electron chi connectivity index (χ4n) is 5.71. The highest BCUT2D eigenvalue weighted by Gasteiger charge is 2.50. The van der Waals surface area contributed by atoms with Gasteiger partial charge in [0.05, 0.1) is 12.0 Å². The summed E-state index contributed by atoms with van der Waals surface area (Å²) in [7, 11) is 0. The number of carbonyl (C=O) groups excluding carboxylic acids is 2. The van der Waals surface area contributed by atoms with Crippen LogP contribution in [0.2, 0.25) is 0 Å². The first-order chi connectivity index (χ1) is 12.7. The van der Waals surface area contributed by atoms with E-state index in [1.54, 1.807) is 0 Å². The molecule has 1 unspecified atom stereocenters. The van der Waals surface area contributed by atoms with Crippen molar-refractivity contribution in [1.82, 2.24) is 14.7 Å². The Hall–Kier alpha value is -1.10. The summed E-state index contributed by atoms with van der Waals surface area (Å²) in [6.45, 7) is 5.04. The van der Waals surface area contributed by atoms with Crippen LogP contribution in [-0.2, 0) is 9.59 Å². The van der Waals surface area contributed by atoms with E-state index in [4.69, 9.17) is 0 Å². The lowest BCUT2D eigenvalue weighted by molar-refractivity contribution is -0.148. The van der Waals surface area contributed by atoms with E-state index in [1.165, 1.54) is 51.4 Å². The van der Waals surface area contributed by atoms with Crippen LogP contribution in [0.3, 0.4) is 0 Å². The van der Waals surface area contributed by atoms with E-state index in [2.05, 4.69) is 9.80 Å². The van der Waals surface area contributed by atoms with Gasteiger partial charge in [-0.25, -0.2) is 0 Å². The molecule has 4 aliphatic rings. The molecule has 26 heavy (non-hydrogen) atoms. The Kier molecular flexibility index (Phi) is 5.53. The largest absolute Gasteiger partial charge is 0.340 e. The van der Waals surface area contributed by atoms with Crippen LogP contribution < -0.4 is 0 Å². The molecule has 1 aliphatic carbocycles. The minimum absolute atomic E-state index is 0.245. The fraction of sp³-hybridized carbons (Fsp3) is 0.905. The SMILES string of the molecule is O=C(CN1CCCCCC1)N1CCC2(CCCN(C3CCCC3)C2=O)C1. The van der Waals surface area contributed by atoms with Gasteiger partial charge in [-0.05, 0) is 58.0 Å². The fourth-order valence-corrected chi connectivity index (χ4v) is 5.71. The molecule has 0 radical (unpaired) electrons. The van der Waals surface area contributed by atoms with Gasteiger partial charge in [0, 0.05) is 25.7 Å². The molecule has 146 valence electrons. The number of likely N-dealkylation sites (tertiary alicyclic amines) is 3. The topological polar surface area (TPSA) is 43.9 Å². The first kappa shape index (κ1) is 18.3. The molecule has 5 nitrogen and oxygen atoms in total. The van der Waals surface area contributed by atoms with Crippen molar-refractivity contribution in [3.05, 3.63) is 0 Å². The number of nitrogens with zero attached hydrogens (tertiary/aromatic N) is 3. The van der Waals surface area contributed by atoms with Gasteiger partial charge in [-0.1, -0.05) is 25.7 Å². The molecule has 4 rings (SSSR count). The normalized spacial score (nSPS) is 31.8. The first-order valence-electron chi connectivity index (χ1n) is 11.0. The van der Waals surface area contributed by atoms with Gasteiger partial charge in [-0.3, -0.25) is 14.5 Å². The van der Waals surface area contributed by atoms with E-state index in [0.29, 0.717) is 25.0 Å². The molecule has 2 amide bonds. The highest BCUT2D eigenvalue weighted by atomic mass is 16.2. The van der Waals surface area contributed by atoms with Crippen molar-refractivity contribution in [3.63, 3.8) is 0 Å². The van der Waals surface area contributed by atoms with Gasteiger partial charge in [-0.15, -0.1) is 0 Å². The molecule has 0 N–H and O–H groups in total. The number of hydrogen-bond donors (Lipinski definition) is 0. The second-order valence-electron chi connectivity index (χ2n) is 9.08. The molecular weight excluding hydrogens is 326 g/mol. The van der Waals surface area contributed by atoms with Gasteiger partial charge in [0.25, 0.3) is 0 Å². The maximum Gasteiger partial charge on any atom is 0.236 e. The molecule has 3 heterocycles. The zero-order valence-electron chi connectivity index (χ0n) is 16.3. The third-order valence-electron chi connectivity index (χ3n) is 7.30. The molecule has 3 saturated heterocycles. The number of hydrogen-bond acceptors (Lipinski definition) is 3. The summed E-state index contributed by atoms with van der Waals surface area (Å²) in [5.74, 6) is 0.607. The molecule has 0 aromatic rings. The Morgan fingerprint density at radius 3 is 2.35 bits per heavy atom. The van der Waals surface area contributed by atoms with Gasteiger partial charge in [0.2, 0.25) is 11.8 Å². The van der Waals surface area contributed by atoms with Crippen LogP contribution in [0.25, 0.3) is 0 Å². The van der Waals surface area contributed by atoms with Gasteiger partial charge >= 0.3 is 0 Å². The molecule has 1 saturated carbocycles. The second-order valence-corrected chi connectivity index (χ2v) is 9.08. The quantitative estimate of drug-likeness (QED) is 0.776. The lowest BCUT2D eigenvalue weighted by Gasteiger charge is -2.42. The van der Waals surface area contributed by atoms with Crippen molar-refractivity contribution in [3.8, 4) is 0 Å². The van der Waals surface area contributed by atoms with Crippen molar-refractivity contribution >= 4 is 11.8 Å². The van der Waals surface area contributed by atoms with Crippen molar-refractivity contribution in [2.24, 2.45) is 5.41 Å².